The number of rotatable bonds is 4. The summed E-state index contributed by atoms with van der Waals surface area (Å²) in [6.07, 6.45) is 3.88. The molecule has 74 valence electrons. The van der Waals surface area contributed by atoms with Crippen LogP contribution >= 0.6 is 0 Å². The molecule has 0 bridgehead atoms. The molecule has 0 saturated heterocycles. The first-order chi connectivity index (χ1) is 6.09. The molecule has 0 radical (unpaired) electrons. The van der Waals surface area contributed by atoms with E-state index < -0.39 is 0 Å². The molecule has 1 rings (SSSR count). The molecule has 0 spiro atoms. The number of ketones is 1. The van der Waals surface area contributed by atoms with Crippen LogP contribution in [0.1, 0.15) is 33.1 Å². The molecule has 0 aromatic carbocycles. The Bertz CT molecular complexity index is 229. The van der Waals surface area contributed by atoms with Gasteiger partial charge in [0.1, 0.15) is 0 Å². The SMILES string of the molecule is CCC(C)(CO)NC1=CC(=O)CC1. The van der Waals surface area contributed by atoms with Gasteiger partial charge in [-0.2, -0.15) is 0 Å². The minimum Gasteiger partial charge on any atom is -0.394 e. The molecule has 0 aliphatic heterocycles. The van der Waals surface area contributed by atoms with E-state index >= 15 is 0 Å². The average Bonchev–Trinajstić information content (AvgIpc) is 2.51. The summed E-state index contributed by atoms with van der Waals surface area (Å²) in [6.45, 7) is 4.06. The zero-order valence-electron chi connectivity index (χ0n) is 8.26. The second-order valence-electron chi connectivity index (χ2n) is 3.83. The Hall–Kier alpha value is -0.830. The van der Waals surface area contributed by atoms with Crippen LogP contribution in [0.3, 0.4) is 0 Å². The fourth-order valence-electron chi connectivity index (χ4n) is 1.32. The van der Waals surface area contributed by atoms with Crippen molar-refractivity contribution < 1.29 is 9.90 Å². The fourth-order valence-corrected chi connectivity index (χ4v) is 1.32. The Kier molecular flexibility index (Phi) is 3.09. The third-order valence-corrected chi connectivity index (χ3v) is 2.57. The van der Waals surface area contributed by atoms with E-state index in [0.717, 1.165) is 18.5 Å². The van der Waals surface area contributed by atoms with Crippen molar-refractivity contribution in [2.24, 2.45) is 0 Å². The third-order valence-electron chi connectivity index (χ3n) is 2.57. The summed E-state index contributed by atoms with van der Waals surface area (Å²) in [5, 5.41) is 12.3. The van der Waals surface area contributed by atoms with Crippen LogP contribution < -0.4 is 5.32 Å². The highest BCUT2D eigenvalue weighted by molar-refractivity contribution is 5.92. The summed E-state index contributed by atoms with van der Waals surface area (Å²) in [7, 11) is 0. The average molecular weight is 183 g/mol. The van der Waals surface area contributed by atoms with Crippen molar-refractivity contribution in [2.75, 3.05) is 6.61 Å². The number of nitrogens with one attached hydrogen (secondary N) is 1. The third kappa shape index (κ3) is 2.56. The Morgan fingerprint density at radius 1 is 1.62 bits per heavy atom. The van der Waals surface area contributed by atoms with Gasteiger partial charge in [0, 0.05) is 18.2 Å². The van der Waals surface area contributed by atoms with Gasteiger partial charge in [0.25, 0.3) is 0 Å². The number of carbonyl (C=O) groups excluding carboxylic acids is 1. The summed E-state index contributed by atoms with van der Waals surface area (Å²) >= 11 is 0. The highest BCUT2D eigenvalue weighted by atomic mass is 16.3. The molecular formula is C10H17NO2. The molecule has 0 amide bonds. The van der Waals surface area contributed by atoms with Crippen LogP contribution in [0.4, 0.5) is 0 Å². The standard InChI is InChI=1S/C10H17NO2/c1-3-10(2,7-12)11-8-4-5-9(13)6-8/h6,11-12H,3-5,7H2,1-2H3. The molecule has 13 heavy (non-hydrogen) atoms. The molecule has 2 N–H and O–H groups in total. The second kappa shape index (κ2) is 3.92. The molecule has 0 aromatic heterocycles. The van der Waals surface area contributed by atoms with Crippen LogP contribution in [0.15, 0.2) is 11.8 Å². The zero-order chi connectivity index (χ0) is 9.90. The minimum absolute atomic E-state index is 0.0923. The molecule has 1 aliphatic carbocycles. The van der Waals surface area contributed by atoms with E-state index in [1.807, 2.05) is 13.8 Å². The Labute approximate surface area is 78.8 Å². The molecule has 0 aromatic rings. The zero-order valence-corrected chi connectivity index (χ0v) is 8.26. The predicted molar refractivity (Wildman–Crippen MR) is 51.2 cm³/mol. The van der Waals surface area contributed by atoms with Gasteiger partial charge in [0.05, 0.1) is 12.1 Å². The van der Waals surface area contributed by atoms with Gasteiger partial charge in [-0.25, -0.2) is 0 Å². The van der Waals surface area contributed by atoms with Crippen LogP contribution in [0.25, 0.3) is 0 Å². The number of aliphatic hydroxyl groups excluding tert-OH is 1. The summed E-state index contributed by atoms with van der Waals surface area (Å²) in [5.74, 6) is 0.180. The molecule has 0 fully saturated rings. The number of aliphatic hydroxyl groups is 1. The van der Waals surface area contributed by atoms with Crippen LogP contribution in [-0.4, -0.2) is 23.0 Å². The number of hydrogen-bond donors (Lipinski definition) is 2. The number of allylic oxidation sites excluding steroid dienone is 2. The van der Waals surface area contributed by atoms with Crippen molar-refractivity contribution in [2.45, 2.75) is 38.6 Å². The van der Waals surface area contributed by atoms with Gasteiger partial charge in [-0.1, -0.05) is 6.92 Å². The van der Waals surface area contributed by atoms with Crippen molar-refractivity contribution in [3.05, 3.63) is 11.8 Å². The van der Waals surface area contributed by atoms with Crippen molar-refractivity contribution in [1.82, 2.24) is 5.32 Å². The van der Waals surface area contributed by atoms with Gasteiger partial charge >= 0.3 is 0 Å². The largest absolute Gasteiger partial charge is 0.394 e. The maximum atomic E-state index is 10.9. The lowest BCUT2D eigenvalue weighted by molar-refractivity contribution is -0.114. The number of carbonyl (C=O) groups is 1. The Morgan fingerprint density at radius 2 is 2.31 bits per heavy atom. The molecule has 1 unspecified atom stereocenters. The molecule has 1 atom stereocenters. The van der Waals surface area contributed by atoms with Crippen LogP contribution in [0.5, 0.6) is 0 Å². The van der Waals surface area contributed by atoms with E-state index in [0.29, 0.717) is 6.42 Å². The molecule has 3 heteroatoms. The fraction of sp³-hybridized carbons (Fsp3) is 0.700. The predicted octanol–water partition coefficient (Wildman–Crippen LogP) is 0.984. The quantitative estimate of drug-likeness (QED) is 0.683. The van der Waals surface area contributed by atoms with Gasteiger partial charge in [-0.05, 0) is 19.8 Å². The number of hydrogen-bond acceptors (Lipinski definition) is 3. The van der Waals surface area contributed by atoms with Gasteiger partial charge in [-0.3, -0.25) is 4.79 Å². The normalized spacial score (nSPS) is 21.2. The lowest BCUT2D eigenvalue weighted by Crippen LogP contribution is -2.44. The van der Waals surface area contributed by atoms with Gasteiger partial charge in [0.2, 0.25) is 0 Å². The van der Waals surface area contributed by atoms with Gasteiger partial charge in [-0.15, -0.1) is 0 Å². The maximum Gasteiger partial charge on any atom is 0.157 e. The van der Waals surface area contributed by atoms with E-state index in [-0.39, 0.29) is 17.9 Å². The second-order valence-corrected chi connectivity index (χ2v) is 3.83. The highest BCUT2D eigenvalue weighted by Gasteiger charge is 2.23. The highest BCUT2D eigenvalue weighted by Crippen LogP contribution is 2.17. The Balaban J connectivity index is 2.57. The van der Waals surface area contributed by atoms with Crippen LogP contribution in [-0.2, 0) is 4.79 Å². The van der Waals surface area contributed by atoms with E-state index in [4.69, 9.17) is 5.11 Å². The minimum atomic E-state index is -0.281. The van der Waals surface area contributed by atoms with Gasteiger partial charge in [0.15, 0.2) is 5.78 Å². The van der Waals surface area contributed by atoms with Crippen molar-refractivity contribution in [3.63, 3.8) is 0 Å². The van der Waals surface area contributed by atoms with E-state index in [1.54, 1.807) is 6.08 Å². The smallest absolute Gasteiger partial charge is 0.157 e. The van der Waals surface area contributed by atoms with Gasteiger partial charge < -0.3 is 10.4 Å². The van der Waals surface area contributed by atoms with E-state index in [1.165, 1.54) is 0 Å². The Morgan fingerprint density at radius 3 is 2.69 bits per heavy atom. The lowest BCUT2D eigenvalue weighted by Gasteiger charge is -2.29. The summed E-state index contributed by atoms with van der Waals surface area (Å²) < 4.78 is 0. The van der Waals surface area contributed by atoms with Crippen molar-refractivity contribution in [3.8, 4) is 0 Å². The maximum absolute atomic E-state index is 10.9. The first-order valence-electron chi connectivity index (χ1n) is 4.72. The topological polar surface area (TPSA) is 49.3 Å². The molecule has 0 saturated carbocycles. The van der Waals surface area contributed by atoms with E-state index in [2.05, 4.69) is 5.32 Å². The monoisotopic (exact) mass is 183 g/mol. The molecule has 1 aliphatic rings. The van der Waals surface area contributed by atoms with Crippen LogP contribution in [0, 0.1) is 0 Å². The first-order valence-corrected chi connectivity index (χ1v) is 4.72. The first kappa shape index (κ1) is 10.3. The molecule has 0 heterocycles. The summed E-state index contributed by atoms with van der Waals surface area (Å²) in [6, 6.07) is 0. The van der Waals surface area contributed by atoms with Crippen molar-refractivity contribution >= 4 is 5.78 Å². The molecule has 3 nitrogen and oxygen atoms in total. The van der Waals surface area contributed by atoms with E-state index in [9.17, 15) is 4.79 Å². The molecular weight excluding hydrogens is 166 g/mol. The van der Waals surface area contributed by atoms with Crippen LogP contribution in [0.2, 0.25) is 0 Å². The van der Waals surface area contributed by atoms with Crippen molar-refractivity contribution in [1.29, 1.82) is 0 Å². The summed E-state index contributed by atoms with van der Waals surface area (Å²) in [5.41, 5.74) is 0.680. The summed E-state index contributed by atoms with van der Waals surface area (Å²) in [4.78, 5) is 10.9. The lowest BCUT2D eigenvalue weighted by atomic mass is 10.00.